The van der Waals surface area contributed by atoms with Crippen LogP contribution in [0, 0.1) is 0 Å². The van der Waals surface area contributed by atoms with Crippen LogP contribution in [-0.4, -0.2) is 11.5 Å². The molecule has 0 heterocycles. The summed E-state index contributed by atoms with van der Waals surface area (Å²) in [6, 6.07) is 0. The van der Waals surface area contributed by atoms with Crippen LogP contribution in [0.1, 0.15) is 116 Å². The topological polar surface area (TPSA) is 55.8 Å². The lowest BCUT2D eigenvalue weighted by Crippen LogP contribution is -2.00. The lowest BCUT2D eigenvalue weighted by Gasteiger charge is -2.17. The van der Waals surface area contributed by atoms with Gasteiger partial charge in [-0.15, -0.1) is 0 Å². The standard InChI is InChI=1S/C21H41O4P/c1-2-3-4-5-6-7-8-9-10-11-12-13-17-20-24-26(22,23)25-21-18-15-14-16-19-21/h18H,2-17,19-20H2,1H3,(H,22,23). The summed E-state index contributed by atoms with van der Waals surface area (Å²) in [6.07, 6.45) is 22.4. The molecule has 1 aliphatic carbocycles. The molecule has 1 aliphatic rings. The predicted molar refractivity (Wildman–Crippen MR) is 109 cm³/mol. The van der Waals surface area contributed by atoms with E-state index in [9.17, 15) is 9.46 Å². The first-order chi connectivity index (χ1) is 12.6. The molecule has 0 aromatic rings. The highest BCUT2D eigenvalue weighted by molar-refractivity contribution is 7.47. The summed E-state index contributed by atoms with van der Waals surface area (Å²) in [4.78, 5) is 9.73. The minimum Gasteiger partial charge on any atom is -0.409 e. The van der Waals surface area contributed by atoms with E-state index in [2.05, 4.69) is 6.92 Å². The highest BCUT2D eigenvalue weighted by Crippen LogP contribution is 2.47. The maximum atomic E-state index is 11.9. The maximum absolute atomic E-state index is 11.9. The van der Waals surface area contributed by atoms with Gasteiger partial charge in [0.2, 0.25) is 0 Å². The zero-order valence-electron chi connectivity index (χ0n) is 16.9. The van der Waals surface area contributed by atoms with E-state index < -0.39 is 7.82 Å². The quantitative estimate of drug-likeness (QED) is 0.205. The molecule has 0 spiro atoms. The Morgan fingerprint density at radius 1 is 0.885 bits per heavy atom. The third-order valence-electron chi connectivity index (χ3n) is 4.98. The molecular weight excluding hydrogens is 347 g/mol. The third-order valence-corrected chi connectivity index (χ3v) is 5.96. The summed E-state index contributed by atoms with van der Waals surface area (Å²) >= 11 is 0. The molecular formula is C21H41O4P. The minimum atomic E-state index is -3.91. The minimum absolute atomic E-state index is 0.304. The summed E-state index contributed by atoms with van der Waals surface area (Å²) in [5.74, 6) is 0.618. The Morgan fingerprint density at radius 2 is 1.42 bits per heavy atom. The fourth-order valence-electron chi connectivity index (χ4n) is 3.37. The molecule has 0 fully saturated rings. The van der Waals surface area contributed by atoms with Crippen LogP contribution in [0.25, 0.3) is 0 Å². The molecule has 0 saturated heterocycles. The molecule has 1 unspecified atom stereocenters. The second-order valence-corrected chi connectivity index (χ2v) is 8.93. The fraction of sp³-hybridized carbons (Fsp3) is 0.905. The van der Waals surface area contributed by atoms with Gasteiger partial charge in [0, 0.05) is 6.42 Å². The van der Waals surface area contributed by atoms with Crippen molar-refractivity contribution >= 4 is 7.82 Å². The Morgan fingerprint density at radius 3 is 1.92 bits per heavy atom. The number of unbranched alkanes of at least 4 members (excludes halogenated alkanes) is 12. The lowest BCUT2D eigenvalue weighted by molar-refractivity contribution is 0.170. The Bertz CT molecular complexity index is 409. The average molecular weight is 389 g/mol. The summed E-state index contributed by atoms with van der Waals surface area (Å²) in [5, 5.41) is 0. The smallest absolute Gasteiger partial charge is 0.409 e. The van der Waals surface area contributed by atoms with Gasteiger partial charge in [-0.05, 0) is 31.8 Å². The van der Waals surface area contributed by atoms with E-state index in [0.29, 0.717) is 12.4 Å². The number of phosphoric acid groups is 1. The van der Waals surface area contributed by atoms with Gasteiger partial charge in [-0.3, -0.25) is 9.42 Å². The number of allylic oxidation sites excluding steroid dienone is 2. The Kier molecular flexibility index (Phi) is 14.3. The average Bonchev–Trinajstić information content (AvgIpc) is 2.62. The highest BCUT2D eigenvalue weighted by atomic mass is 31.2. The van der Waals surface area contributed by atoms with Gasteiger partial charge >= 0.3 is 7.82 Å². The van der Waals surface area contributed by atoms with Crippen LogP contribution in [0.15, 0.2) is 11.8 Å². The van der Waals surface area contributed by atoms with Gasteiger partial charge in [-0.25, -0.2) is 4.57 Å². The van der Waals surface area contributed by atoms with Crippen LogP contribution >= 0.6 is 7.82 Å². The fourth-order valence-corrected chi connectivity index (χ4v) is 4.24. The monoisotopic (exact) mass is 388 g/mol. The van der Waals surface area contributed by atoms with E-state index in [1.54, 1.807) is 0 Å². The molecule has 1 rings (SSSR count). The van der Waals surface area contributed by atoms with E-state index in [1.165, 1.54) is 70.6 Å². The molecule has 5 heteroatoms. The molecule has 1 atom stereocenters. The van der Waals surface area contributed by atoms with E-state index >= 15 is 0 Å². The van der Waals surface area contributed by atoms with Crippen LogP contribution in [0.5, 0.6) is 0 Å². The van der Waals surface area contributed by atoms with Gasteiger partial charge in [0.05, 0.1) is 6.61 Å². The number of phosphoric ester groups is 1. The van der Waals surface area contributed by atoms with Gasteiger partial charge in [0.1, 0.15) is 5.76 Å². The molecule has 26 heavy (non-hydrogen) atoms. The first-order valence-electron chi connectivity index (χ1n) is 11.0. The third kappa shape index (κ3) is 13.8. The Hall–Kier alpha value is -0.310. The van der Waals surface area contributed by atoms with Crippen LogP contribution in [0.4, 0.5) is 0 Å². The largest absolute Gasteiger partial charge is 0.527 e. The number of rotatable bonds is 17. The summed E-state index contributed by atoms with van der Waals surface area (Å²) in [7, 11) is -3.91. The zero-order valence-corrected chi connectivity index (χ0v) is 17.8. The molecule has 154 valence electrons. The molecule has 1 N–H and O–H groups in total. The van der Waals surface area contributed by atoms with Crippen LogP contribution in [0.2, 0.25) is 0 Å². The molecule has 0 aromatic heterocycles. The van der Waals surface area contributed by atoms with Crippen molar-refractivity contribution in [2.45, 2.75) is 116 Å². The van der Waals surface area contributed by atoms with Crippen LogP contribution in [-0.2, 0) is 13.6 Å². The van der Waals surface area contributed by atoms with Crippen molar-refractivity contribution in [2.75, 3.05) is 6.61 Å². The Balaban J connectivity index is 1.85. The van der Waals surface area contributed by atoms with Crippen molar-refractivity contribution in [2.24, 2.45) is 0 Å². The lowest BCUT2D eigenvalue weighted by atomic mass is 10.0. The van der Waals surface area contributed by atoms with E-state index in [-0.39, 0.29) is 0 Å². The van der Waals surface area contributed by atoms with Crippen LogP contribution in [0.3, 0.4) is 0 Å². The summed E-state index contributed by atoms with van der Waals surface area (Å²) in [6.45, 7) is 2.57. The van der Waals surface area contributed by atoms with Crippen molar-refractivity contribution in [1.82, 2.24) is 0 Å². The summed E-state index contributed by atoms with van der Waals surface area (Å²) in [5.41, 5.74) is 0. The SMILES string of the molecule is CCCCCCCCCCCCCCCOP(=O)(O)OC1=CCCCC1. The van der Waals surface area contributed by atoms with Crippen molar-refractivity contribution in [1.29, 1.82) is 0 Å². The highest BCUT2D eigenvalue weighted by Gasteiger charge is 2.24. The first kappa shape index (κ1) is 23.7. The zero-order chi connectivity index (χ0) is 18.9. The molecule has 0 bridgehead atoms. The summed E-state index contributed by atoms with van der Waals surface area (Å²) < 4.78 is 22.1. The van der Waals surface area contributed by atoms with Crippen LogP contribution < -0.4 is 0 Å². The normalized spacial score (nSPS) is 16.9. The van der Waals surface area contributed by atoms with E-state index in [4.69, 9.17) is 9.05 Å². The van der Waals surface area contributed by atoms with E-state index in [1.807, 2.05) is 6.08 Å². The van der Waals surface area contributed by atoms with Gasteiger partial charge in [-0.1, -0.05) is 84.0 Å². The predicted octanol–water partition coefficient (Wildman–Crippen LogP) is 7.67. The molecule has 0 aliphatic heterocycles. The van der Waals surface area contributed by atoms with Gasteiger partial charge in [0.15, 0.2) is 0 Å². The second kappa shape index (κ2) is 15.7. The molecule has 0 aromatic carbocycles. The van der Waals surface area contributed by atoms with Crippen molar-refractivity contribution in [3.05, 3.63) is 11.8 Å². The number of hydrogen-bond acceptors (Lipinski definition) is 3. The van der Waals surface area contributed by atoms with Crippen molar-refractivity contribution in [3.8, 4) is 0 Å². The molecule has 4 nitrogen and oxygen atoms in total. The Labute approximate surface area is 161 Å². The molecule has 0 saturated carbocycles. The second-order valence-electron chi connectivity index (χ2n) is 7.55. The first-order valence-corrected chi connectivity index (χ1v) is 12.5. The van der Waals surface area contributed by atoms with Crippen molar-refractivity contribution in [3.63, 3.8) is 0 Å². The molecule has 0 radical (unpaired) electrons. The van der Waals surface area contributed by atoms with Gasteiger partial charge in [-0.2, -0.15) is 0 Å². The van der Waals surface area contributed by atoms with Gasteiger partial charge < -0.3 is 4.52 Å². The van der Waals surface area contributed by atoms with Crippen molar-refractivity contribution < 1.29 is 18.5 Å². The van der Waals surface area contributed by atoms with E-state index in [0.717, 1.165) is 38.5 Å². The molecule has 0 amide bonds. The maximum Gasteiger partial charge on any atom is 0.527 e. The van der Waals surface area contributed by atoms with Gasteiger partial charge in [0.25, 0.3) is 0 Å². The number of hydrogen-bond donors (Lipinski definition) is 1.